The maximum Gasteiger partial charge on any atom is 0.211 e. The van der Waals surface area contributed by atoms with Gasteiger partial charge < -0.3 is 0 Å². The van der Waals surface area contributed by atoms with Crippen molar-refractivity contribution in [3.63, 3.8) is 0 Å². The van der Waals surface area contributed by atoms with Crippen molar-refractivity contribution in [2.24, 2.45) is 0 Å². The van der Waals surface area contributed by atoms with Gasteiger partial charge in [-0.2, -0.15) is 5.10 Å². The summed E-state index contributed by atoms with van der Waals surface area (Å²) in [5.74, 6) is 0.0567. The van der Waals surface area contributed by atoms with Gasteiger partial charge in [0.05, 0.1) is 0 Å². The van der Waals surface area contributed by atoms with E-state index >= 15 is 0 Å². The van der Waals surface area contributed by atoms with Gasteiger partial charge in [-0.3, -0.25) is 9.48 Å². The molecule has 0 saturated carbocycles. The summed E-state index contributed by atoms with van der Waals surface area (Å²) in [6.45, 7) is 10.1. The zero-order valence-corrected chi connectivity index (χ0v) is 12.2. The van der Waals surface area contributed by atoms with Gasteiger partial charge in [-0.25, -0.2) is 0 Å². The van der Waals surface area contributed by atoms with E-state index in [2.05, 4.69) is 17.2 Å². The fourth-order valence-electron chi connectivity index (χ4n) is 2.57. The van der Waals surface area contributed by atoms with E-state index in [-0.39, 0.29) is 11.8 Å². The monoisotopic (exact) mass is 256 g/mol. The number of hydrogen-bond donors (Lipinski definition) is 0. The lowest BCUT2D eigenvalue weighted by Gasteiger charge is -2.13. The number of carbonyl (C=O) groups excluding carboxylic acids is 1. The number of carbonyl (C=O) groups is 1. The molecule has 1 aromatic carbocycles. The molecule has 0 fully saturated rings. The first-order chi connectivity index (χ1) is 8.91. The summed E-state index contributed by atoms with van der Waals surface area (Å²) in [5.41, 5.74) is 4.69. The lowest BCUT2D eigenvalue weighted by atomic mass is 9.95. The Morgan fingerprint density at radius 2 is 1.74 bits per heavy atom. The van der Waals surface area contributed by atoms with Gasteiger partial charge in [0.15, 0.2) is 0 Å². The predicted octanol–water partition coefficient (Wildman–Crippen LogP) is 3.62. The van der Waals surface area contributed by atoms with E-state index in [0.29, 0.717) is 5.69 Å². The molecule has 3 heteroatoms. The van der Waals surface area contributed by atoms with Crippen LogP contribution in [0.5, 0.6) is 0 Å². The van der Waals surface area contributed by atoms with Crippen LogP contribution < -0.4 is 0 Å². The fourth-order valence-corrected chi connectivity index (χ4v) is 2.57. The second-order valence-electron chi connectivity index (χ2n) is 5.36. The summed E-state index contributed by atoms with van der Waals surface area (Å²) in [7, 11) is 0. The molecule has 0 bridgehead atoms. The highest BCUT2D eigenvalue weighted by Gasteiger charge is 2.19. The molecule has 0 N–H and O–H groups in total. The van der Waals surface area contributed by atoms with Crippen molar-refractivity contribution in [1.29, 1.82) is 0 Å². The Balaban J connectivity index is 2.54. The summed E-state index contributed by atoms with van der Waals surface area (Å²) in [6, 6.07) is 6.08. The predicted molar refractivity (Wildman–Crippen MR) is 76.7 cm³/mol. The Bertz CT molecular complexity index is 600. The molecule has 19 heavy (non-hydrogen) atoms. The molecule has 0 aliphatic rings. The first kappa shape index (κ1) is 13.5. The van der Waals surface area contributed by atoms with Crippen LogP contribution in [0.4, 0.5) is 0 Å². The summed E-state index contributed by atoms with van der Waals surface area (Å²) >= 11 is 0. The second-order valence-corrected chi connectivity index (χ2v) is 5.36. The first-order valence-electron chi connectivity index (χ1n) is 6.58. The van der Waals surface area contributed by atoms with Crippen LogP contribution in [0.1, 0.15) is 52.6 Å². The van der Waals surface area contributed by atoms with Crippen LogP contribution >= 0.6 is 0 Å². The van der Waals surface area contributed by atoms with Gasteiger partial charge in [-0.15, -0.1) is 0 Å². The van der Waals surface area contributed by atoms with Crippen LogP contribution in [0.25, 0.3) is 0 Å². The Morgan fingerprint density at radius 1 is 1.16 bits per heavy atom. The Morgan fingerprint density at radius 3 is 2.26 bits per heavy atom. The maximum atomic E-state index is 12.7. The normalized spacial score (nSPS) is 11.1. The van der Waals surface area contributed by atoms with Crippen LogP contribution in [0, 0.1) is 20.8 Å². The number of aryl methyl sites for hydroxylation is 3. The molecule has 0 radical (unpaired) electrons. The average Bonchev–Trinajstić information content (AvgIpc) is 2.75. The Labute approximate surface area is 114 Å². The third-order valence-corrected chi connectivity index (χ3v) is 3.30. The Kier molecular flexibility index (Phi) is 3.56. The maximum absolute atomic E-state index is 12.7. The van der Waals surface area contributed by atoms with E-state index < -0.39 is 0 Å². The molecule has 0 amide bonds. The van der Waals surface area contributed by atoms with E-state index in [0.717, 1.165) is 16.7 Å². The highest BCUT2D eigenvalue weighted by Crippen LogP contribution is 2.21. The van der Waals surface area contributed by atoms with Crippen molar-refractivity contribution in [3.05, 3.63) is 52.3 Å². The van der Waals surface area contributed by atoms with Gasteiger partial charge in [0.2, 0.25) is 5.78 Å². The molecule has 0 aliphatic carbocycles. The molecule has 1 heterocycles. The van der Waals surface area contributed by atoms with E-state index in [4.69, 9.17) is 0 Å². The molecule has 0 spiro atoms. The van der Waals surface area contributed by atoms with Crippen molar-refractivity contribution in [2.75, 3.05) is 0 Å². The van der Waals surface area contributed by atoms with Crippen LogP contribution in [0.2, 0.25) is 0 Å². The molecule has 0 aliphatic heterocycles. The molecule has 1 aromatic heterocycles. The molecule has 100 valence electrons. The van der Waals surface area contributed by atoms with Crippen LogP contribution in [0.15, 0.2) is 24.4 Å². The number of ketones is 1. The van der Waals surface area contributed by atoms with Gasteiger partial charge in [-0.1, -0.05) is 17.7 Å². The molecular formula is C16H20N2O. The van der Waals surface area contributed by atoms with Crippen LogP contribution in [-0.2, 0) is 0 Å². The molecule has 0 unspecified atom stereocenters. The summed E-state index contributed by atoms with van der Waals surface area (Å²) < 4.78 is 1.78. The van der Waals surface area contributed by atoms with Gasteiger partial charge in [0.25, 0.3) is 0 Å². The minimum absolute atomic E-state index is 0.0567. The number of hydrogen-bond acceptors (Lipinski definition) is 2. The summed E-state index contributed by atoms with van der Waals surface area (Å²) in [5, 5.41) is 4.23. The van der Waals surface area contributed by atoms with Gasteiger partial charge in [0.1, 0.15) is 5.69 Å². The number of rotatable bonds is 3. The number of benzene rings is 1. The van der Waals surface area contributed by atoms with Crippen molar-refractivity contribution in [2.45, 2.75) is 40.7 Å². The van der Waals surface area contributed by atoms with Crippen LogP contribution in [-0.4, -0.2) is 15.6 Å². The molecule has 2 rings (SSSR count). The minimum atomic E-state index is 0.0567. The third-order valence-electron chi connectivity index (χ3n) is 3.30. The van der Waals surface area contributed by atoms with Gasteiger partial charge in [0, 0.05) is 17.8 Å². The molecule has 3 nitrogen and oxygen atoms in total. The lowest BCUT2D eigenvalue weighted by molar-refractivity contribution is 0.102. The molecule has 0 atom stereocenters. The molecule has 2 aromatic rings. The first-order valence-corrected chi connectivity index (χ1v) is 6.58. The number of nitrogens with zero attached hydrogens (tertiary/aromatic N) is 2. The summed E-state index contributed by atoms with van der Waals surface area (Å²) in [4.78, 5) is 12.7. The van der Waals surface area contributed by atoms with E-state index in [1.807, 2.05) is 34.6 Å². The average molecular weight is 256 g/mol. The zero-order chi connectivity index (χ0) is 14.2. The van der Waals surface area contributed by atoms with Crippen molar-refractivity contribution >= 4 is 5.78 Å². The van der Waals surface area contributed by atoms with Crippen LogP contribution in [0.3, 0.4) is 0 Å². The zero-order valence-electron chi connectivity index (χ0n) is 12.2. The largest absolute Gasteiger partial charge is 0.287 e. The van der Waals surface area contributed by atoms with Crippen molar-refractivity contribution in [1.82, 2.24) is 9.78 Å². The molecule has 0 saturated heterocycles. The van der Waals surface area contributed by atoms with Crippen molar-refractivity contribution in [3.8, 4) is 0 Å². The highest BCUT2D eigenvalue weighted by atomic mass is 16.1. The Hall–Kier alpha value is -1.90. The smallest absolute Gasteiger partial charge is 0.211 e. The fraction of sp³-hybridized carbons (Fsp3) is 0.375. The van der Waals surface area contributed by atoms with Gasteiger partial charge >= 0.3 is 0 Å². The van der Waals surface area contributed by atoms with Crippen molar-refractivity contribution < 1.29 is 4.79 Å². The highest BCUT2D eigenvalue weighted by molar-refractivity contribution is 6.09. The standard InChI is InChI=1S/C16H20N2O/c1-10(2)18-14(6-7-17-18)16(19)15-12(4)8-11(3)9-13(15)5/h6-10H,1-5H3. The minimum Gasteiger partial charge on any atom is -0.287 e. The topological polar surface area (TPSA) is 34.9 Å². The summed E-state index contributed by atoms with van der Waals surface area (Å²) in [6.07, 6.45) is 1.69. The quantitative estimate of drug-likeness (QED) is 0.786. The third kappa shape index (κ3) is 2.46. The van der Waals surface area contributed by atoms with E-state index in [1.165, 1.54) is 5.56 Å². The number of aromatic nitrogens is 2. The molecular weight excluding hydrogens is 236 g/mol. The lowest BCUT2D eigenvalue weighted by Crippen LogP contribution is -2.15. The van der Waals surface area contributed by atoms with Gasteiger partial charge in [-0.05, 0) is 51.8 Å². The second kappa shape index (κ2) is 5.00. The van der Waals surface area contributed by atoms with E-state index in [1.54, 1.807) is 16.9 Å². The van der Waals surface area contributed by atoms with E-state index in [9.17, 15) is 4.79 Å². The SMILES string of the molecule is Cc1cc(C)c(C(=O)c2ccnn2C(C)C)c(C)c1.